The Balaban J connectivity index is 1.79. The van der Waals surface area contributed by atoms with E-state index in [1.54, 1.807) is 13.8 Å². The fourth-order valence-corrected chi connectivity index (χ4v) is 4.05. The predicted octanol–water partition coefficient (Wildman–Crippen LogP) is 3.92. The summed E-state index contributed by atoms with van der Waals surface area (Å²) in [6.45, 7) is 8.63. The molecule has 28 heavy (non-hydrogen) atoms. The zero-order valence-corrected chi connectivity index (χ0v) is 16.5. The maximum atomic E-state index is 11.9. The molecule has 0 unspecified atom stereocenters. The van der Waals surface area contributed by atoms with Crippen molar-refractivity contribution in [3.8, 4) is 0 Å². The summed E-state index contributed by atoms with van der Waals surface area (Å²) in [4.78, 5) is 26.2. The fraction of sp³-hybridized carbons (Fsp3) is 0.391. The molecular formula is C23H26N2O3. The summed E-state index contributed by atoms with van der Waals surface area (Å²) in [5.41, 5.74) is 3.60. The zero-order chi connectivity index (χ0) is 19.7. The summed E-state index contributed by atoms with van der Waals surface area (Å²) in [5, 5.41) is 2.06. The van der Waals surface area contributed by atoms with Crippen molar-refractivity contribution in [2.45, 2.75) is 26.8 Å². The molecule has 4 rings (SSSR count). The number of aromatic nitrogens is 1. The largest absolute Gasteiger partial charge is 0.380 e. The Morgan fingerprint density at radius 2 is 1.46 bits per heavy atom. The van der Waals surface area contributed by atoms with Crippen LogP contribution in [0.25, 0.3) is 21.8 Å². The van der Waals surface area contributed by atoms with Gasteiger partial charge in [-0.1, -0.05) is 0 Å². The fourth-order valence-electron chi connectivity index (χ4n) is 4.05. The quantitative estimate of drug-likeness (QED) is 0.632. The van der Waals surface area contributed by atoms with Crippen molar-refractivity contribution in [2.75, 3.05) is 32.8 Å². The Hall–Kier alpha value is -2.50. The molecule has 0 bridgehead atoms. The van der Waals surface area contributed by atoms with E-state index < -0.39 is 0 Å². The summed E-state index contributed by atoms with van der Waals surface area (Å²) in [7, 11) is 0. The van der Waals surface area contributed by atoms with Crippen LogP contribution >= 0.6 is 0 Å². The second-order valence-electron chi connectivity index (χ2n) is 7.54. The number of rotatable bonds is 5. The van der Waals surface area contributed by atoms with E-state index in [0.717, 1.165) is 67.6 Å². The average molecular weight is 378 g/mol. The third-order valence-electron chi connectivity index (χ3n) is 5.63. The zero-order valence-electron chi connectivity index (χ0n) is 16.5. The summed E-state index contributed by atoms with van der Waals surface area (Å²) in [5.74, 6) is 0.102. The molecule has 1 aromatic heterocycles. The summed E-state index contributed by atoms with van der Waals surface area (Å²) in [6, 6.07) is 11.8. The minimum absolute atomic E-state index is 0.0510. The molecule has 146 valence electrons. The van der Waals surface area contributed by atoms with Gasteiger partial charge in [-0.05, 0) is 56.7 Å². The van der Waals surface area contributed by atoms with Crippen molar-refractivity contribution < 1.29 is 14.3 Å². The minimum atomic E-state index is 0.0510. The van der Waals surface area contributed by atoms with Crippen molar-refractivity contribution in [3.05, 3.63) is 47.5 Å². The number of hydrogen-bond acceptors (Lipinski definition) is 4. The van der Waals surface area contributed by atoms with Crippen LogP contribution in [0.5, 0.6) is 0 Å². The van der Waals surface area contributed by atoms with Gasteiger partial charge in [-0.15, -0.1) is 0 Å². The molecule has 0 N–H and O–H groups in total. The van der Waals surface area contributed by atoms with Crippen molar-refractivity contribution in [2.24, 2.45) is 0 Å². The molecule has 2 heterocycles. The van der Waals surface area contributed by atoms with Crippen molar-refractivity contribution in [1.29, 1.82) is 0 Å². The van der Waals surface area contributed by atoms with Gasteiger partial charge in [0.2, 0.25) is 0 Å². The van der Waals surface area contributed by atoms with Crippen molar-refractivity contribution in [1.82, 2.24) is 9.47 Å². The second kappa shape index (κ2) is 7.86. The van der Waals surface area contributed by atoms with E-state index in [1.165, 1.54) is 0 Å². The van der Waals surface area contributed by atoms with E-state index in [1.807, 2.05) is 36.4 Å². The van der Waals surface area contributed by atoms with Crippen LogP contribution in [0.2, 0.25) is 0 Å². The first-order valence-electron chi connectivity index (χ1n) is 9.92. The lowest BCUT2D eigenvalue weighted by atomic mass is 10.0. The smallest absolute Gasteiger partial charge is 0.159 e. The van der Waals surface area contributed by atoms with Gasteiger partial charge in [-0.3, -0.25) is 14.5 Å². The van der Waals surface area contributed by atoms with E-state index in [9.17, 15) is 9.59 Å². The number of hydrogen-bond donors (Lipinski definition) is 0. The summed E-state index contributed by atoms with van der Waals surface area (Å²) < 4.78 is 7.87. The SMILES string of the molecule is CC(=O)c1ccc2c(c1)c1cc(C(C)=O)ccc1n2CCN1CCCOCC1. The highest BCUT2D eigenvalue weighted by atomic mass is 16.5. The lowest BCUT2D eigenvalue weighted by Crippen LogP contribution is -2.29. The number of nitrogens with zero attached hydrogens (tertiary/aromatic N) is 2. The van der Waals surface area contributed by atoms with Gasteiger partial charge in [0.05, 0.1) is 6.61 Å². The normalized spacial score (nSPS) is 15.8. The Labute approximate surface area is 164 Å². The van der Waals surface area contributed by atoms with Gasteiger partial charge in [-0.25, -0.2) is 0 Å². The van der Waals surface area contributed by atoms with Gasteiger partial charge in [0.1, 0.15) is 0 Å². The van der Waals surface area contributed by atoms with Crippen LogP contribution in [0, 0.1) is 0 Å². The monoisotopic (exact) mass is 378 g/mol. The summed E-state index contributed by atoms with van der Waals surface area (Å²) in [6.07, 6.45) is 1.07. The highest BCUT2D eigenvalue weighted by molar-refractivity contribution is 6.12. The number of Topliss-reactive ketones (excluding diaryl/α,β-unsaturated/α-hetero) is 2. The Morgan fingerprint density at radius 3 is 2.04 bits per heavy atom. The number of carbonyl (C=O) groups is 2. The van der Waals surface area contributed by atoms with Crippen LogP contribution in [0.1, 0.15) is 41.0 Å². The van der Waals surface area contributed by atoms with Gasteiger partial charge in [0.25, 0.3) is 0 Å². The average Bonchev–Trinajstić information content (AvgIpc) is 2.83. The molecule has 1 fully saturated rings. The Bertz CT molecular complexity index is 972. The molecule has 0 radical (unpaired) electrons. The first kappa shape index (κ1) is 18.8. The molecule has 0 amide bonds. The number of benzene rings is 2. The van der Waals surface area contributed by atoms with Crippen LogP contribution in [-0.2, 0) is 11.3 Å². The highest BCUT2D eigenvalue weighted by Crippen LogP contribution is 2.31. The maximum absolute atomic E-state index is 11.9. The molecule has 1 aliphatic rings. The van der Waals surface area contributed by atoms with E-state index in [4.69, 9.17) is 4.74 Å². The molecule has 0 saturated carbocycles. The number of fused-ring (bicyclic) bond motifs is 3. The van der Waals surface area contributed by atoms with Crippen LogP contribution in [0.4, 0.5) is 0 Å². The molecular weight excluding hydrogens is 352 g/mol. The molecule has 3 aromatic rings. The molecule has 1 aliphatic heterocycles. The highest BCUT2D eigenvalue weighted by Gasteiger charge is 2.15. The minimum Gasteiger partial charge on any atom is -0.380 e. The van der Waals surface area contributed by atoms with Crippen LogP contribution in [-0.4, -0.2) is 53.9 Å². The molecule has 5 nitrogen and oxygen atoms in total. The lowest BCUT2D eigenvalue weighted by Gasteiger charge is -2.20. The predicted molar refractivity (Wildman–Crippen MR) is 111 cm³/mol. The van der Waals surface area contributed by atoms with Gasteiger partial charge < -0.3 is 9.30 Å². The molecule has 2 aromatic carbocycles. The van der Waals surface area contributed by atoms with Gasteiger partial charge in [-0.2, -0.15) is 0 Å². The van der Waals surface area contributed by atoms with E-state index in [-0.39, 0.29) is 11.6 Å². The molecule has 0 aliphatic carbocycles. The van der Waals surface area contributed by atoms with E-state index >= 15 is 0 Å². The number of ether oxygens (including phenoxy) is 1. The van der Waals surface area contributed by atoms with Crippen LogP contribution in [0.15, 0.2) is 36.4 Å². The van der Waals surface area contributed by atoms with Gasteiger partial charge in [0, 0.05) is 65.7 Å². The van der Waals surface area contributed by atoms with Crippen molar-refractivity contribution in [3.63, 3.8) is 0 Å². The third-order valence-corrected chi connectivity index (χ3v) is 5.63. The third kappa shape index (κ3) is 3.60. The first-order valence-corrected chi connectivity index (χ1v) is 9.92. The molecule has 0 spiro atoms. The Kier molecular flexibility index (Phi) is 5.29. The van der Waals surface area contributed by atoms with Gasteiger partial charge >= 0.3 is 0 Å². The topological polar surface area (TPSA) is 51.5 Å². The molecule has 1 saturated heterocycles. The molecule has 0 atom stereocenters. The van der Waals surface area contributed by atoms with Crippen LogP contribution < -0.4 is 0 Å². The molecule has 5 heteroatoms. The standard InChI is InChI=1S/C23H26N2O3/c1-16(26)18-4-6-22-20(14-18)21-15-19(17(2)27)5-7-23(21)25(22)10-9-24-8-3-12-28-13-11-24/h4-7,14-15H,3,8-13H2,1-2H3. The Morgan fingerprint density at radius 1 is 0.857 bits per heavy atom. The number of ketones is 2. The van der Waals surface area contributed by atoms with Crippen LogP contribution in [0.3, 0.4) is 0 Å². The van der Waals surface area contributed by atoms with Gasteiger partial charge in [0.15, 0.2) is 11.6 Å². The second-order valence-corrected chi connectivity index (χ2v) is 7.54. The lowest BCUT2D eigenvalue weighted by molar-refractivity contribution is 0.100. The first-order chi connectivity index (χ1) is 13.5. The van der Waals surface area contributed by atoms with E-state index in [0.29, 0.717) is 11.1 Å². The summed E-state index contributed by atoms with van der Waals surface area (Å²) >= 11 is 0. The maximum Gasteiger partial charge on any atom is 0.159 e. The van der Waals surface area contributed by atoms with E-state index in [2.05, 4.69) is 9.47 Å². The van der Waals surface area contributed by atoms with Crippen molar-refractivity contribution >= 4 is 33.4 Å². The number of carbonyl (C=O) groups excluding carboxylic acids is 2.